The molecule has 0 aliphatic rings. The molecule has 8 N–H and O–H groups in total. The number of rotatable bonds is 11. The van der Waals surface area contributed by atoms with Gasteiger partial charge in [0.05, 0.1) is 12.5 Å². The third kappa shape index (κ3) is 6.82. The summed E-state index contributed by atoms with van der Waals surface area (Å²) >= 11 is 0. The molecule has 168 valence electrons. The number of para-hydroxylation sites is 1. The van der Waals surface area contributed by atoms with E-state index in [0.29, 0.717) is 6.42 Å². The lowest BCUT2D eigenvalue weighted by atomic mass is 10.0. The first-order valence-electron chi connectivity index (χ1n) is 10.0. The second-order valence-electron chi connectivity index (χ2n) is 7.93. The number of carboxylic acids is 1. The molecular formula is C21H29N5O5. The van der Waals surface area contributed by atoms with E-state index in [0.717, 1.165) is 16.5 Å². The van der Waals surface area contributed by atoms with Gasteiger partial charge in [0.1, 0.15) is 12.1 Å². The Labute approximate surface area is 179 Å². The van der Waals surface area contributed by atoms with Gasteiger partial charge in [-0.05, 0) is 24.0 Å². The van der Waals surface area contributed by atoms with Crippen LogP contribution < -0.4 is 22.1 Å². The molecule has 0 saturated carbocycles. The molecule has 2 aromatic rings. The number of aromatic nitrogens is 1. The number of hydrogen-bond acceptors (Lipinski definition) is 5. The van der Waals surface area contributed by atoms with E-state index < -0.39 is 48.2 Å². The Bertz CT molecular complexity index is 955. The number of carbonyl (C=O) groups is 4. The second kappa shape index (κ2) is 10.6. The number of nitrogens with two attached hydrogens (primary N) is 2. The number of benzene rings is 1. The van der Waals surface area contributed by atoms with E-state index >= 15 is 0 Å². The van der Waals surface area contributed by atoms with Crippen molar-refractivity contribution in [2.75, 3.05) is 0 Å². The van der Waals surface area contributed by atoms with Crippen molar-refractivity contribution in [1.82, 2.24) is 15.6 Å². The summed E-state index contributed by atoms with van der Waals surface area (Å²) in [4.78, 5) is 51.1. The zero-order chi connectivity index (χ0) is 23.1. The third-order valence-electron chi connectivity index (χ3n) is 4.81. The van der Waals surface area contributed by atoms with Gasteiger partial charge in [0.15, 0.2) is 0 Å². The Morgan fingerprint density at radius 3 is 2.32 bits per heavy atom. The van der Waals surface area contributed by atoms with Gasteiger partial charge in [0.25, 0.3) is 0 Å². The Morgan fingerprint density at radius 2 is 1.71 bits per heavy atom. The highest BCUT2D eigenvalue weighted by Crippen LogP contribution is 2.19. The predicted molar refractivity (Wildman–Crippen MR) is 115 cm³/mol. The molecule has 10 nitrogen and oxygen atoms in total. The van der Waals surface area contributed by atoms with Crippen LogP contribution >= 0.6 is 0 Å². The van der Waals surface area contributed by atoms with Crippen LogP contribution in [0.15, 0.2) is 30.5 Å². The molecule has 3 unspecified atom stereocenters. The minimum atomic E-state index is -1.50. The molecule has 3 atom stereocenters. The van der Waals surface area contributed by atoms with Crippen LogP contribution in [0, 0.1) is 5.92 Å². The molecular weight excluding hydrogens is 402 g/mol. The van der Waals surface area contributed by atoms with Crippen molar-refractivity contribution in [3.05, 3.63) is 36.0 Å². The average Bonchev–Trinajstić information content (AvgIpc) is 3.08. The Hall–Kier alpha value is -3.40. The first kappa shape index (κ1) is 23.9. The lowest BCUT2D eigenvalue weighted by Crippen LogP contribution is -2.55. The van der Waals surface area contributed by atoms with Crippen molar-refractivity contribution >= 4 is 34.6 Å². The molecule has 3 amide bonds. The van der Waals surface area contributed by atoms with Crippen LogP contribution in [-0.2, 0) is 25.6 Å². The van der Waals surface area contributed by atoms with Crippen molar-refractivity contribution in [3.63, 3.8) is 0 Å². The molecule has 0 spiro atoms. The van der Waals surface area contributed by atoms with Gasteiger partial charge in [-0.3, -0.25) is 14.4 Å². The average molecular weight is 431 g/mol. The number of amides is 3. The van der Waals surface area contributed by atoms with Crippen molar-refractivity contribution in [2.45, 2.75) is 51.2 Å². The Balaban J connectivity index is 2.25. The van der Waals surface area contributed by atoms with E-state index in [9.17, 15) is 24.3 Å². The first-order valence-corrected chi connectivity index (χ1v) is 10.0. The van der Waals surface area contributed by atoms with Gasteiger partial charge in [-0.15, -0.1) is 0 Å². The quantitative estimate of drug-likeness (QED) is 0.291. The van der Waals surface area contributed by atoms with Crippen LogP contribution in [0.2, 0.25) is 0 Å². The van der Waals surface area contributed by atoms with E-state index in [2.05, 4.69) is 15.6 Å². The second-order valence-corrected chi connectivity index (χ2v) is 7.93. The lowest BCUT2D eigenvalue weighted by Gasteiger charge is -2.23. The lowest BCUT2D eigenvalue weighted by molar-refractivity contribution is -0.143. The number of hydrogen-bond donors (Lipinski definition) is 6. The number of aliphatic carboxylic acids is 1. The number of carbonyl (C=O) groups excluding carboxylic acids is 3. The van der Waals surface area contributed by atoms with Gasteiger partial charge in [-0.2, -0.15) is 0 Å². The number of aromatic amines is 1. The van der Waals surface area contributed by atoms with Crippen molar-refractivity contribution in [2.24, 2.45) is 17.4 Å². The SMILES string of the molecule is CC(C)CC(N)C(=O)NC(Cc1c[nH]c2ccccc12)C(=O)NC(CC(N)=O)C(=O)O. The largest absolute Gasteiger partial charge is 0.480 e. The summed E-state index contributed by atoms with van der Waals surface area (Å²) in [7, 11) is 0. The van der Waals surface area contributed by atoms with Gasteiger partial charge in [0.2, 0.25) is 17.7 Å². The molecule has 0 fully saturated rings. The summed E-state index contributed by atoms with van der Waals surface area (Å²) < 4.78 is 0. The highest BCUT2D eigenvalue weighted by Gasteiger charge is 2.29. The maximum Gasteiger partial charge on any atom is 0.326 e. The molecule has 1 aromatic carbocycles. The van der Waals surface area contributed by atoms with Gasteiger partial charge >= 0.3 is 5.97 Å². The van der Waals surface area contributed by atoms with E-state index in [1.165, 1.54) is 0 Å². The number of fused-ring (bicyclic) bond motifs is 1. The molecule has 1 aromatic heterocycles. The van der Waals surface area contributed by atoms with E-state index in [-0.39, 0.29) is 12.3 Å². The topological polar surface area (TPSA) is 180 Å². The number of H-pyrrole nitrogens is 1. The minimum absolute atomic E-state index is 0.0961. The fourth-order valence-corrected chi connectivity index (χ4v) is 3.30. The Morgan fingerprint density at radius 1 is 1.06 bits per heavy atom. The maximum absolute atomic E-state index is 12.9. The minimum Gasteiger partial charge on any atom is -0.480 e. The summed E-state index contributed by atoms with van der Waals surface area (Å²) in [5.41, 5.74) is 12.6. The van der Waals surface area contributed by atoms with Gasteiger partial charge < -0.3 is 32.2 Å². The van der Waals surface area contributed by atoms with E-state index in [1.807, 2.05) is 38.1 Å². The zero-order valence-electron chi connectivity index (χ0n) is 17.6. The molecule has 0 bridgehead atoms. The molecule has 2 rings (SSSR count). The normalized spacial score (nSPS) is 14.1. The fraction of sp³-hybridized carbons (Fsp3) is 0.429. The monoisotopic (exact) mass is 431 g/mol. The van der Waals surface area contributed by atoms with Crippen LogP contribution in [0.3, 0.4) is 0 Å². The van der Waals surface area contributed by atoms with Crippen LogP contribution in [0.1, 0.15) is 32.3 Å². The van der Waals surface area contributed by atoms with Crippen molar-refractivity contribution < 1.29 is 24.3 Å². The van der Waals surface area contributed by atoms with Gasteiger partial charge in [0, 0.05) is 23.5 Å². The third-order valence-corrected chi connectivity index (χ3v) is 4.81. The van der Waals surface area contributed by atoms with Crippen molar-refractivity contribution in [3.8, 4) is 0 Å². The molecule has 0 aliphatic carbocycles. The van der Waals surface area contributed by atoms with E-state index in [4.69, 9.17) is 11.5 Å². The Kier molecular flexibility index (Phi) is 8.14. The van der Waals surface area contributed by atoms with Crippen LogP contribution in [0.5, 0.6) is 0 Å². The predicted octanol–water partition coefficient (Wildman–Crippen LogP) is 0.0134. The maximum atomic E-state index is 12.9. The molecule has 0 radical (unpaired) electrons. The highest BCUT2D eigenvalue weighted by molar-refractivity contribution is 5.94. The fourth-order valence-electron chi connectivity index (χ4n) is 3.30. The number of nitrogens with one attached hydrogen (secondary N) is 3. The summed E-state index contributed by atoms with van der Waals surface area (Å²) in [5.74, 6) is -3.36. The van der Waals surface area contributed by atoms with Crippen LogP contribution in [-0.4, -0.2) is 51.9 Å². The molecule has 0 saturated heterocycles. The zero-order valence-corrected chi connectivity index (χ0v) is 17.6. The molecule has 0 aliphatic heterocycles. The number of carboxylic acid groups (broad SMARTS) is 1. The summed E-state index contributed by atoms with van der Waals surface area (Å²) in [6.07, 6.45) is 1.68. The smallest absolute Gasteiger partial charge is 0.326 e. The summed E-state index contributed by atoms with van der Waals surface area (Å²) in [5, 5.41) is 15.1. The standard InChI is InChI=1S/C21H29N5O5/c1-11(2)7-14(22)19(28)25-16(20(29)26-17(21(30)31)9-18(23)27)8-12-10-24-15-6-4-3-5-13(12)15/h3-6,10-11,14,16-17,24H,7-9,22H2,1-2H3,(H2,23,27)(H,25,28)(H,26,29)(H,30,31). The van der Waals surface area contributed by atoms with Crippen LogP contribution in [0.4, 0.5) is 0 Å². The first-order chi connectivity index (χ1) is 14.6. The van der Waals surface area contributed by atoms with Crippen molar-refractivity contribution in [1.29, 1.82) is 0 Å². The van der Waals surface area contributed by atoms with Crippen LogP contribution in [0.25, 0.3) is 10.9 Å². The van der Waals surface area contributed by atoms with E-state index in [1.54, 1.807) is 6.20 Å². The highest BCUT2D eigenvalue weighted by atomic mass is 16.4. The molecule has 1 heterocycles. The molecule has 31 heavy (non-hydrogen) atoms. The van der Waals surface area contributed by atoms with Gasteiger partial charge in [-0.1, -0.05) is 32.0 Å². The molecule has 10 heteroatoms. The summed E-state index contributed by atoms with van der Waals surface area (Å²) in [6.45, 7) is 3.84. The summed E-state index contributed by atoms with van der Waals surface area (Å²) in [6, 6.07) is 4.03. The van der Waals surface area contributed by atoms with Gasteiger partial charge in [-0.25, -0.2) is 4.79 Å². The number of primary amides is 1.